The first-order chi connectivity index (χ1) is 9.60. The quantitative estimate of drug-likeness (QED) is 0.810. The lowest BCUT2D eigenvalue weighted by Gasteiger charge is -2.12. The summed E-state index contributed by atoms with van der Waals surface area (Å²) in [5.74, 6) is 1.55. The molecule has 2 rings (SSSR count). The van der Waals surface area contributed by atoms with Gasteiger partial charge in [-0.05, 0) is 30.7 Å². The van der Waals surface area contributed by atoms with E-state index >= 15 is 0 Å². The summed E-state index contributed by atoms with van der Waals surface area (Å²) in [7, 11) is 0. The Labute approximate surface area is 115 Å². The highest BCUT2D eigenvalue weighted by molar-refractivity contribution is 5.76. The summed E-state index contributed by atoms with van der Waals surface area (Å²) < 4.78 is 6.66. The molecule has 0 saturated heterocycles. The fourth-order valence-electron chi connectivity index (χ4n) is 1.72. The first-order valence-electron chi connectivity index (χ1n) is 6.42. The number of carbonyl (C=O) groups is 1. The van der Waals surface area contributed by atoms with E-state index in [0.717, 1.165) is 0 Å². The fraction of sp³-hybridized carbons (Fsp3) is 0.636. The predicted octanol–water partition coefficient (Wildman–Crippen LogP) is 0.331. The molecule has 0 fully saturated rings. The number of hydrogen-bond donors (Lipinski definition) is 1. The van der Waals surface area contributed by atoms with Crippen molar-refractivity contribution in [3.8, 4) is 0 Å². The standard InChI is InChI=1S/C11H17N7O2/c1-4-9(11-12-7(2)15-20-11)13-10(19)5-6-18-8(3)14-16-17-18/h9H,4-6H2,1-3H3,(H,13,19)/t9-/m1/s1. The maximum absolute atomic E-state index is 11.9. The highest BCUT2D eigenvalue weighted by Crippen LogP contribution is 2.14. The Bertz CT molecular complexity index is 577. The maximum atomic E-state index is 11.9. The van der Waals surface area contributed by atoms with Crippen LogP contribution in [0, 0.1) is 13.8 Å². The summed E-state index contributed by atoms with van der Waals surface area (Å²) in [6.07, 6.45) is 0.965. The number of aryl methyl sites for hydroxylation is 3. The fourth-order valence-corrected chi connectivity index (χ4v) is 1.72. The van der Waals surface area contributed by atoms with E-state index in [0.29, 0.717) is 30.5 Å². The summed E-state index contributed by atoms with van der Waals surface area (Å²) in [6, 6.07) is -0.265. The molecule has 2 aromatic rings. The molecule has 0 aliphatic heterocycles. The largest absolute Gasteiger partial charge is 0.344 e. The molecule has 2 heterocycles. The minimum atomic E-state index is -0.265. The topological polar surface area (TPSA) is 112 Å². The minimum Gasteiger partial charge on any atom is -0.344 e. The van der Waals surface area contributed by atoms with Crippen molar-refractivity contribution in [3.05, 3.63) is 17.5 Å². The van der Waals surface area contributed by atoms with Gasteiger partial charge in [-0.25, -0.2) is 4.68 Å². The molecule has 1 atom stereocenters. The smallest absolute Gasteiger partial charge is 0.249 e. The van der Waals surface area contributed by atoms with Crippen molar-refractivity contribution >= 4 is 5.91 Å². The lowest BCUT2D eigenvalue weighted by Crippen LogP contribution is -2.29. The van der Waals surface area contributed by atoms with Crippen LogP contribution in [0.25, 0.3) is 0 Å². The minimum absolute atomic E-state index is 0.109. The van der Waals surface area contributed by atoms with Crippen molar-refractivity contribution in [1.29, 1.82) is 0 Å². The molecule has 108 valence electrons. The lowest BCUT2D eigenvalue weighted by molar-refractivity contribution is -0.122. The Kier molecular flexibility index (Phi) is 4.38. The summed E-state index contributed by atoms with van der Waals surface area (Å²) in [5, 5.41) is 17.7. The van der Waals surface area contributed by atoms with Gasteiger partial charge in [-0.3, -0.25) is 4.79 Å². The molecule has 20 heavy (non-hydrogen) atoms. The molecule has 0 radical (unpaired) electrons. The van der Waals surface area contributed by atoms with Gasteiger partial charge in [0.25, 0.3) is 0 Å². The molecule has 0 aliphatic rings. The van der Waals surface area contributed by atoms with E-state index in [4.69, 9.17) is 4.52 Å². The van der Waals surface area contributed by atoms with Gasteiger partial charge in [0.2, 0.25) is 11.8 Å². The molecular weight excluding hydrogens is 262 g/mol. The molecular formula is C11H17N7O2. The van der Waals surface area contributed by atoms with Crippen molar-refractivity contribution in [2.75, 3.05) is 0 Å². The molecule has 9 nitrogen and oxygen atoms in total. The SMILES string of the molecule is CC[C@@H](NC(=O)CCn1nnnc1C)c1nc(C)no1. The summed E-state index contributed by atoms with van der Waals surface area (Å²) in [6.45, 7) is 5.90. The molecule has 0 spiro atoms. The lowest BCUT2D eigenvalue weighted by atomic mass is 10.2. The van der Waals surface area contributed by atoms with Crippen molar-refractivity contribution in [3.63, 3.8) is 0 Å². The van der Waals surface area contributed by atoms with E-state index in [1.807, 2.05) is 6.92 Å². The van der Waals surface area contributed by atoms with Crippen LogP contribution in [0.4, 0.5) is 0 Å². The molecule has 1 amide bonds. The maximum Gasteiger partial charge on any atom is 0.249 e. The summed E-state index contributed by atoms with van der Waals surface area (Å²) >= 11 is 0. The average Bonchev–Trinajstić information content (AvgIpc) is 3.02. The van der Waals surface area contributed by atoms with Gasteiger partial charge in [0.05, 0.1) is 6.54 Å². The van der Waals surface area contributed by atoms with E-state index in [9.17, 15) is 4.79 Å². The summed E-state index contributed by atoms with van der Waals surface area (Å²) in [4.78, 5) is 16.0. The summed E-state index contributed by atoms with van der Waals surface area (Å²) in [5.41, 5.74) is 0. The Balaban J connectivity index is 1.88. The van der Waals surface area contributed by atoms with Crippen LogP contribution in [0.1, 0.15) is 43.3 Å². The zero-order valence-corrected chi connectivity index (χ0v) is 11.7. The third kappa shape index (κ3) is 3.37. The van der Waals surface area contributed by atoms with Crippen LogP contribution >= 0.6 is 0 Å². The molecule has 2 aromatic heterocycles. The van der Waals surface area contributed by atoms with E-state index in [-0.39, 0.29) is 18.4 Å². The number of tetrazole rings is 1. The van der Waals surface area contributed by atoms with Gasteiger partial charge in [-0.15, -0.1) is 5.10 Å². The van der Waals surface area contributed by atoms with Crippen molar-refractivity contribution in [1.82, 2.24) is 35.7 Å². The second kappa shape index (κ2) is 6.22. The van der Waals surface area contributed by atoms with Crippen LogP contribution in [0.15, 0.2) is 4.52 Å². The highest BCUT2D eigenvalue weighted by Gasteiger charge is 2.18. The number of rotatable bonds is 6. The second-order valence-corrected chi connectivity index (χ2v) is 4.41. The first-order valence-corrected chi connectivity index (χ1v) is 6.42. The average molecular weight is 279 g/mol. The molecule has 0 saturated carbocycles. The van der Waals surface area contributed by atoms with Crippen LogP contribution in [-0.4, -0.2) is 36.3 Å². The highest BCUT2D eigenvalue weighted by atomic mass is 16.5. The van der Waals surface area contributed by atoms with Gasteiger partial charge >= 0.3 is 0 Å². The van der Waals surface area contributed by atoms with Gasteiger partial charge in [-0.2, -0.15) is 4.98 Å². The van der Waals surface area contributed by atoms with Crippen LogP contribution in [-0.2, 0) is 11.3 Å². The molecule has 0 bridgehead atoms. The number of carbonyl (C=O) groups excluding carboxylic acids is 1. The van der Waals surface area contributed by atoms with E-state index in [1.54, 1.807) is 18.5 Å². The van der Waals surface area contributed by atoms with Gasteiger partial charge in [0, 0.05) is 6.42 Å². The van der Waals surface area contributed by atoms with Crippen LogP contribution in [0.3, 0.4) is 0 Å². The number of aromatic nitrogens is 6. The van der Waals surface area contributed by atoms with Gasteiger partial charge < -0.3 is 9.84 Å². The molecule has 0 aromatic carbocycles. The third-order valence-electron chi connectivity index (χ3n) is 2.85. The van der Waals surface area contributed by atoms with Crippen molar-refractivity contribution < 1.29 is 9.32 Å². The Morgan fingerprint density at radius 2 is 2.25 bits per heavy atom. The van der Waals surface area contributed by atoms with E-state index in [2.05, 4.69) is 31.0 Å². The van der Waals surface area contributed by atoms with Crippen LogP contribution in [0.5, 0.6) is 0 Å². The van der Waals surface area contributed by atoms with Crippen LogP contribution in [0.2, 0.25) is 0 Å². The molecule has 0 aliphatic carbocycles. The molecule has 1 N–H and O–H groups in total. The van der Waals surface area contributed by atoms with Crippen molar-refractivity contribution in [2.45, 2.75) is 46.2 Å². The molecule has 0 unspecified atom stereocenters. The van der Waals surface area contributed by atoms with Crippen LogP contribution < -0.4 is 5.32 Å². The van der Waals surface area contributed by atoms with Crippen molar-refractivity contribution in [2.24, 2.45) is 0 Å². The van der Waals surface area contributed by atoms with Gasteiger partial charge in [0.15, 0.2) is 5.82 Å². The van der Waals surface area contributed by atoms with Gasteiger partial charge in [-0.1, -0.05) is 12.1 Å². The first kappa shape index (κ1) is 14.1. The Hall–Kier alpha value is -2.32. The zero-order valence-electron chi connectivity index (χ0n) is 11.7. The number of amides is 1. The van der Waals surface area contributed by atoms with E-state index < -0.39 is 0 Å². The molecule has 9 heteroatoms. The van der Waals surface area contributed by atoms with E-state index in [1.165, 1.54) is 0 Å². The second-order valence-electron chi connectivity index (χ2n) is 4.41. The zero-order chi connectivity index (χ0) is 14.5. The van der Waals surface area contributed by atoms with Gasteiger partial charge in [0.1, 0.15) is 11.9 Å². The third-order valence-corrected chi connectivity index (χ3v) is 2.85. The predicted molar refractivity (Wildman–Crippen MR) is 67.4 cm³/mol. The number of hydrogen-bond acceptors (Lipinski definition) is 7. The monoisotopic (exact) mass is 279 g/mol. The number of nitrogens with zero attached hydrogens (tertiary/aromatic N) is 6. The Morgan fingerprint density at radius 1 is 1.45 bits per heavy atom. The Morgan fingerprint density at radius 3 is 2.80 bits per heavy atom. The number of nitrogens with one attached hydrogen (secondary N) is 1. The normalized spacial score (nSPS) is 12.3.